The maximum absolute atomic E-state index is 13.4. The van der Waals surface area contributed by atoms with Crippen molar-refractivity contribution < 1.29 is 24.0 Å². The van der Waals surface area contributed by atoms with Crippen molar-refractivity contribution in [1.29, 1.82) is 0 Å². The largest absolute Gasteiger partial charge is 0.480 e. The molecule has 1 aromatic carbocycles. The topological polar surface area (TPSA) is 122 Å². The van der Waals surface area contributed by atoms with Gasteiger partial charge >= 0.3 is 12.0 Å². The van der Waals surface area contributed by atoms with E-state index in [9.17, 15) is 24.1 Å². The first kappa shape index (κ1) is 15.3. The fourth-order valence-corrected chi connectivity index (χ4v) is 1.21. The number of carboxylic acid groups (broad SMARTS) is 1. The molecule has 0 heterocycles. The van der Waals surface area contributed by atoms with Gasteiger partial charge in [-0.05, 0) is 19.9 Å². The Kier molecular flexibility index (Phi) is 4.23. The molecule has 0 aromatic heterocycles. The Morgan fingerprint density at radius 3 is 2.50 bits per heavy atom. The lowest BCUT2D eigenvalue weighted by Gasteiger charge is -2.21. The number of benzene rings is 1. The van der Waals surface area contributed by atoms with E-state index in [1.54, 1.807) is 0 Å². The predicted octanol–water partition coefficient (Wildman–Crippen LogP) is 1.72. The Bertz CT molecular complexity index is 573. The van der Waals surface area contributed by atoms with Crippen LogP contribution in [0.15, 0.2) is 18.2 Å². The smallest absolute Gasteiger partial charge is 0.328 e. The van der Waals surface area contributed by atoms with E-state index >= 15 is 0 Å². The minimum atomic E-state index is -1.57. The van der Waals surface area contributed by atoms with Crippen LogP contribution in [0.25, 0.3) is 0 Å². The fourth-order valence-electron chi connectivity index (χ4n) is 1.21. The van der Waals surface area contributed by atoms with E-state index < -0.39 is 39.7 Å². The minimum absolute atomic E-state index is 0.404. The molecule has 2 amide bonds. The summed E-state index contributed by atoms with van der Waals surface area (Å²) in [4.78, 5) is 32.2. The molecule has 0 bridgehead atoms. The molecule has 0 aliphatic rings. The van der Waals surface area contributed by atoms with E-state index in [1.807, 2.05) is 5.32 Å². The Hall–Kier alpha value is -2.71. The van der Waals surface area contributed by atoms with Gasteiger partial charge in [-0.15, -0.1) is 0 Å². The highest BCUT2D eigenvalue weighted by atomic mass is 19.1. The maximum Gasteiger partial charge on any atom is 0.328 e. The van der Waals surface area contributed by atoms with Gasteiger partial charge in [-0.25, -0.2) is 14.0 Å². The van der Waals surface area contributed by atoms with Gasteiger partial charge in [0.25, 0.3) is 5.69 Å². The zero-order valence-corrected chi connectivity index (χ0v) is 10.6. The van der Waals surface area contributed by atoms with Gasteiger partial charge < -0.3 is 15.7 Å². The number of nitrogens with zero attached hydrogens (tertiary/aromatic N) is 1. The van der Waals surface area contributed by atoms with Gasteiger partial charge in [-0.2, -0.15) is 0 Å². The average Bonchev–Trinajstić information content (AvgIpc) is 2.30. The van der Waals surface area contributed by atoms with Crippen LogP contribution >= 0.6 is 0 Å². The van der Waals surface area contributed by atoms with Crippen LogP contribution in [0.2, 0.25) is 0 Å². The molecule has 1 aromatic rings. The first-order valence-corrected chi connectivity index (χ1v) is 5.40. The first-order valence-electron chi connectivity index (χ1n) is 5.40. The van der Waals surface area contributed by atoms with Crippen molar-refractivity contribution in [3.05, 3.63) is 34.1 Å². The number of aliphatic carboxylic acids is 1. The lowest BCUT2D eigenvalue weighted by molar-refractivity contribution is -0.384. The van der Waals surface area contributed by atoms with Gasteiger partial charge in [0.2, 0.25) is 0 Å². The highest BCUT2D eigenvalue weighted by Gasteiger charge is 2.29. The van der Waals surface area contributed by atoms with Crippen LogP contribution in [0.1, 0.15) is 13.8 Å². The molecule has 0 fully saturated rings. The summed E-state index contributed by atoms with van der Waals surface area (Å²) in [7, 11) is 0. The van der Waals surface area contributed by atoms with Crippen LogP contribution in [0.4, 0.5) is 20.6 Å². The number of carbonyl (C=O) groups is 2. The number of amides is 2. The Balaban J connectivity index is 2.88. The number of carboxylic acids is 1. The standard InChI is InChI=1S/C11H12FN3O5/c1-11(2,9(16)17)14-10(18)13-8-5-6(15(19)20)3-4-7(8)12/h3-5H,1-2H3,(H,16,17)(H2,13,14,18). The Labute approximate surface area is 112 Å². The Morgan fingerprint density at radius 1 is 1.40 bits per heavy atom. The molecule has 0 atom stereocenters. The zero-order valence-electron chi connectivity index (χ0n) is 10.6. The predicted molar refractivity (Wildman–Crippen MR) is 66.9 cm³/mol. The van der Waals surface area contributed by atoms with Gasteiger partial charge in [-0.1, -0.05) is 0 Å². The molecule has 0 unspecified atom stereocenters. The second kappa shape index (κ2) is 5.51. The Morgan fingerprint density at radius 2 is 2.00 bits per heavy atom. The van der Waals surface area contributed by atoms with E-state index in [-0.39, 0.29) is 0 Å². The molecule has 0 radical (unpaired) electrons. The van der Waals surface area contributed by atoms with Crippen LogP contribution in [0.5, 0.6) is 0 Å². The fraction of sp³-hybridized carbons (Fsp3) is 0.273. The van der Waals surface area contributed by atoms with E-state index in [0.717, 1.165) is 18.2 Å². The van der Waals surface area contributed by atoms with Crippen molar-refractivity contribution in [1.82, 2.24) is 5.32 Å². The summed E-state index contributed by atoms with van der Waals surface area (Å²) in [5, 5.41) is 23.5. The van der Waals surface area contributed by atoms with Crippen molar-refractivity contribution in [3.8, 4) is 0 Å². The molecular formula is C11H12FN3O5. The average molecular weight is 285 g/mol. The highest BCUT2D eigenvalue weighted by molar-refractivity contribution is 5.93. The van der Waals surface area contributed by atoms with Crippen LogP contribution in [0, 0.1) is 15.9 Å². The van der Waals surface area contributed by atoms with Crippen molar-refractivity contribution in [2.45, 2.75) is 19.4 Å². The monoisotopic (exact) mass is 285 g/mol. The number of anilines is 1. The number of rotatable bonds is 4. The number of halogens is 1. The third kappa shape index (κ3) is 3.64. The summed E-state index contributed by atoms with van der Waals surface area (Å²) in [6.45, 7) is 2.47. The second-order valence-corrected chi connectivity index (χ2v) is 4.43. The van der Waals surface area contributed by atoms with Crippen LogP contribution in [-0.4, -0.2) is 27.6 Å². The molecule has 9 heteroatoms. The number of non-ortho nitro benzene ring substituents is 1. The summed E-state index contributed by atoms with van der Waals surface area (Å²) in [6.07, 6.45) is 0. The van der Waals surface area contributed by atoms with Crippen LogP contribution in [-0.2, 0) is 4.79 Å². The lowest BCUT2D eigenvalue weighted by Crippen LogP contribution is -2.51. The molecule has 0 aliphatic heterocycles. The zero-order chi connectivity index (χ0) is 15.5. The number of hydrogen-bond acceptors (Lipinski definition) is 4. The molecule has 3 N–H and O–H groups in total. The lowest BCUT2D eigenvalue weighted by atomic mass is 10.1. The quantitative estimate of drug-likeness (QED) is 0.574. The third-order valence-corrected chi connectivity index (χ3v) is 2.37. The highest BCUT2D eigenvalue weighted by Crippen LogP contribution is 2.21. The van der Waals surface area contributed by atoms with Gasteiger partial charge in [0, 0.05) is 12.1 Å². The third-order valence-electron chi connectivity index (χ3n) is 2.37. The SMILES string of the molecule is CC(C)(NC(=O)Nc1cc([N+](=O)[O-])ccc1F)C(=O)O. The van der Waals surface area contributed by atoms with Crippen molar-refractivity contribution in [2.75, 3.05) is 5.32 Å². The normalized spacial score (nSPS) is 10.8. The van der Waals surface area contributed by atoms with E-state index in [4.69, 9.17) is 5.11 Å². The van der Waals surface area contributed by atoms with Gasteiger partial charge in [0.1, 0.15) is 11.4 Å². The summed E-state index contributed by atoms with van der Waals surface area (Å²) in [6, 6.07) is 1.62. The number of urea groups is 1. The number of nitro benzene ring substituents is 1. The molecule has 0 saturated heterocycles. The summed E-state index contributed by atoms with van der Waals surface area (Å²) >= 11 is 0. The molecule has 0 spiro atoms. The van der Waals surface area contributed by atoms with E-state index in [2.05, 4.69) is 5.32 Å². The number of nitrogens with one attached hydrogen (secondary N) is 2. The van der Waals surface area contributed by atoms with Gasteiger partial charge in [0.05, 0.1) is 10.6 Å². The molecular weight excluding hydrogens is 273 g/mol. The van der Waals surface area contributed by atoms with E-state index in [0.29, 0.717) is 0 Å². The molecule has 8 nitrogen and oxygen atoms in total. The summed E-state index contributed by atoms with van der Waals surface area (Å²) in [5.74, 6) is -2.16. The van der Waals surface area contributed by atoms with Gasteiger partial charge in [0.15, 0.2) is 0 Å². The first-order chi connectivity index (χ1) is 9.13. The van der Waals surface area contributed by atoms with Crippen molar-refractivity contribution >= 4 is 23.4 Å². The molecule has 108 valence electrons. The number of carbonyl (C=O) groups excluding carboxylic acids is 1. The summed E-state index contributed by atoms with van der Waals surface area (Å²) < 4.78 is 13.4. The molecule has 1 rings (SSSR count). The minimum Gasteiger partial charge on any atom is -0.480 e. The number of hydrogen-bond donors (Lipinski definition) is 3. The van der Waals surface area contributed by atoms with Crippen LogP contribution in [0.3, 0.4) is 0 Å². The second-order valence-electron chi connectivity index (χ2n) is 4.43. The summed E-state index contributed by atoms with van der Waals surface area (Å²) in [5.41, 5.74) is -2.39. The molecule has 0 aliphatic carbocycles. The van der Waals surface area contributed by atoms with Gasteiger partial charge in [-0.3, -0.25) is 10.1 Å². The van der Waals surface area contributed by atoms with Crippen molar-refractivity contribution in [2.24, 2.45) is 0 Å². The van der Waals surface area contributed by atoms with E-state index in [1.165, 1.54) is 13.8 Å². The maximum atomic E-state index is 13.4. The molecule has 20 heavy (non-hydrogen) atoms. The van der Waals surface area contributed by atoms with Crippen molar-refractivity contribution in [3.63, 3.8) is 0 Å². The van der Waals surface area contributed by atoms with Crippen LogP contribution < -0.4 is 10.6 Å². The number of nitro groups is 1. The molecule has 0 saturated carbocycles.